The lowest BCUT2D eigenvalue weighted by molar-refractivity contribution is 0.0688. The summed E-state index contributed by atoms with van der Waals surface area (Å²) in [7, 11) is 0. The molecule has 0 saturated heterocycles. The summed E-state index contributed by atoms with van der Waals surface area (Å²) in [4.78, 5) is 10.6. The minimum atomic E-state index is -0.943. The van der Waals surface area contributed by atoms with Crippen LogP contribution in [0.4, 0.5) is 0 Å². The molecule has 0 aromatic carbocycles. The van der Waals surface area contributed by atoms with Crippen LogP contribution in [0.1, 0.15) is 41.5 Å². The minimum Gasteiger partial charge on any atom is -0.476 e. The van der Waals surface area contributed by atoms with Gasteiger partial charge in [0.05, 0.1) is 6.04 Å². The van der Waals surface area contributed by atoms with Crippen molar-refractivity contribution >= 4 is 5.97 Å². The number of rotatable bonds is 2. The highest BCUT2D eigenvalue weighted by Crippen LogP contribution is 2.31. The van der Waals surface area contributed by atoms with Crippen LogP contribution in [0.25, 0.3) is 0 Å². The molecule has 1 N–H and O–H groups in total. The smallest absolute Gasteiger partial charge is 0.356 e. The van der Waals surface area contributed by atoms with E-state index in [-0.39, 0.29) is 5.69 Å². The Morgan fingerprint density at radius 3 is 2.77 bits per heavy atom. The topological polar surface area (TPSA) is 55.1 Å². The summed E-state index contributed by atoms with van der Waals surface area (Å²) in [5.74, 6) is -0.943. The highest BCUT2D eigenvalue weighted by atomic mass is 16.4. The third-order valence-electron chi connectivity index (χ3n) is 2.56. The lowest BCUT2D eigenvalue weighted by Crippen LogP contribution is -2.19. The number of carbonyl (C=O) groups is 1. The molecule has 0 unspecified atom stereocenters. The molecule has 1 heterocycles. The van der Waals surface area contributed by atoms with Gasteiger partial charge in [-0.1, -0.05) is 0 Å². The van der Waals surface area contributed by atoms with Crippen LogP contribution in [0.2, 0.25) is 0 Å². The van der Waals surface area contributed by atoms with Crippen LogP contribution in [0.15, 0.2) is 6.07 Å². The predicted octanol–water partition coefficient (Wildman–Crippen LogP) is 1.61. The van der Waals surface area contributed by atoms with Gasteiger partial charge in [0.15, 0.2) is 5.69 Å². The molecule has 70 valence electrons. The van der Waals surface area contributed by atoms with E-state index in [1.807, 2.05) is 11.6 Å². The number of aryl methyl sites for hydroxylation is 1. The van der Waals surface area contributed by atoms with Crippen LogP contribution in [0.5, 0.6) is 0 Å². The number of nitrogens with zero attached hydrogens (tertiary/aromatic N) is 2. The Morgan fingerprint density at radius 1 is 1.69 bits per heavy atom. The second-order valence-electron chi connectivity index (χ2n) is 3.51. The van der Waals surface area contributed by atoms with Crippen molar-refractivity contribution in [2.75, 3.05) is 0 Å². The SMILES string of the molecule is Cc1cc(C(=O)O)nn1C1CCC1. The van der Waals surface area contributed by atoms with Crippen LogP contribution < -0.4 is 0 Å². The van der Waals surface area contributed by atoms with E-state index in [0.29, 0.717) is 6.04 Å². The zero-order valence-corrected chi connectivity index (χ0v) is 7.53. The molecule has 2 rings (SSSR count). The van der Waals surface area contributed by atoms with Crippen LogP contribution in [0, 0.1) is 6.92 Å². The van der Waals surface area contributed by atoms with Gasteiger partial charge in [-0.15, -0.1) is 0 Å². The van der Waals surface area contributed by atoms with E-state index in [4.69, 9.17) is 5.11 Å². The van der Waals surface area contributed by atoms with Crippen molar-refractivity contribution < 1.29 is 9.90 Å². The van der Waals surface area contributed by atoms with E-state index in [0.717, 1.165) is 18.5 Å². The van der Waals surface area contributed by atoms with E-state index in [2.05, 4.69) is 5.10 Å². The molecule has 0 bridgehead atoms. The number of hydrogen-bond acceptors (Lipinski definition) is 2. The number of hydrogen-bond donors (Lipinski definition) is 1. The Labute approximate surface area is 76.2 Å². The molecule has 0 spiro atoms. The normalized spacial score (nSPS) is 17.0. The molecule has 1 saturated carbocycles. The molecule has 0 atom stereocenters. The van der Waals surface area contributed by atoms with Gasteiger partial charge >= 0.3 is 5.97 Å². The van der Waals surface area contributed by atoms with Gasteiger partial charge in [0, 0.05) is 5.69 Å². The van der Waals surface area contributed by atoms with Crippen LogP contribution in [-0.2, 0) is 0 Å². The van der Waals surface area contributed by atoms with Crippen LogP contribution in [-0.4, -0.2) is 20.9 Å². The van der Waals surface area contributed by atoms with Crippen molar-refractivity contribution in [3.8, 4) is 0 Å². The maximum absolute atomic E-state index is 10.6. The largest absolute Gasteiger partial charge is 0.476 e. The van der Waals surface area contributed by atoms with Crippen LogP contribution in [0.3, 0.4) is 0 Å². The average molecular weight is 180 g/mol. The molecule has 4 heteroatoms. The van der Waals surface area contributed by atoms with Crippen molar-refractivity contribution in [3.05, 3.63) is 17.5 Å². The quantitative estimate of drug-likeness (QED) is 0.752. The fraction of sp³-hybridized carbons (Fsp3) is 0.556. The highest BCUT2D eigenvalue weighted by molar-refractivity contribution is 5.85. The Bertz CT molecular complexity index is 339. The summed E-state index contributed by atoms with van der Waals surface area (Å²) < 4.78 is 1.84. The molecule has 1 fully saturated rings. The Morgan fingerprint density at radius 2 is 2.38 bits per heavy atom. The predicted molar refractivity (Wildman–Crippen MR) is 46.8 cm³/mol. The molecule has 13 heavy (non-hydrogen) atoms. The number of carboxylic acids is 1. The van der Waals surface area contributed by atoms with Gasteiger partial charge in [0.25, 0.3) is 0 Å². The molecule has 1 aromatic heterocycles. The van der Waals surface area contributed by atoms with E-state index >= 15 is 0 Å². The van der Waals surface area contributed by atoms with Gasteiger partial charge in [0.1, 0.15) is 0 Å². The average Bonchev–Trinajstić information content (AvgIpc) is 2.29. The van der Waals surface area contributed by atoms with Gasteiger partial charge in [-0.3, -0.25) is 4.68 Å². The summed E-state index contributed by atoms with van der Waals surface area (Å²) in [6, 6.07) is 2.06. The second-order valence-corrected chi connectivity index (χ2v) is 3.51. The zero-order valence-electron chi connectivity index (χ0n) is 7.53. The molecular formula is C9H12N2O2. The van der Waals surface area contributed by atoms with E-state index in [1.54, 1.807) is 6.07 Å². The number of carboxylic acid groups (broad SMARTS) is 1. The third-order valence-corrected chi connectivity index (χ3v) is 2.56. The summed E-state index contributed by atoms with van der Waals surface area (Å²) in [6.45, 7) is 1.90. The first kappa shape index (κ1) is 8.29. The Hall–Kier alpha value is -1.32. The molecular weight excluding hydrogens is 168 g/mol. The summed E-state index contributed by atoms with van der Waals surface area (Å²) in [5, 5.41) is 12.8. The van der Waals surface area contributed by atoms with Gasteiger partial charge in [-0.25, -0.2) is 4.79 Å². The van der Waals surface area contributed by atoms with Crippen LogP contribution >= 0.6 is 0 Å². The van der Waals surface area contributed by atoms with Crippen molar-refractivity contribution in [2.45, 2.75) is 32.2 Å². The van der Waals surface area contributed by atoms with Crippen molar-refractivity contribution in [1.82, 2.24) is 9.78 Å². The molecule has 0 radical (unpaired) electrons. The minimum absolute atomic E-state index is 0.157. The lowest BCUT2D eigenvalue weighted by Gasteiger charge is -2.26. The van der Waals surface area contributed by atoms with Crippen molar-refractivity contribution in [1.29, 1.82) is 0 Å². The first-order valence-corrected chi connectivity index (χ1v) is 4.48. The summed E-state index contributed by atoms with van der Waals surface area (Å²) in [5.41, 5.74) is 1.10. The monoisotopic (exact) mass is 180 g/mol. The lowest BCUT2D eigenvalue weighted by atomic mass is 9.93. The van der Waals surface area contributed by atoms with Crippen molar-refractivity contribution in [2.24, 2.45) is 0 Å². The highest BCUT2D eigenvalue weighted by Gasteiger charge is 2.23. The standard InChI is InChI=1S/C9H12N2O2/c1-6-5-8(9(12)13)10-11(6)7-3-2-4-7/h5,7H,2-4H2,1H3,(H,12,13). The maximum Gasteiger partial charge on any atom is 0.356 e. The summed E-state index contributed by atoms with van der Waals surface area (Å²) in [6.07, 6.45) is 3.48. The first-order valence-electron chi connectivity index (χ1n) is 4.48. The molecule has 1 aromatic rings. The molecule has 0 amide bonds. The third kappa shape index (κ3) is 1.32. The van der Waals surface area contributed by atoms with E-state index in [9.17, 15) is 4.79 Å². The maximum atomic E-state index is 10.6. The van der Waals surface area contributed by atoms with Gasteiger partial charge in [0.2, 0.25) is 0 Å². The zero-order chi connectivity index (χ0) is 9.42. The van der Waals surface area contributed by atoms with Gasteiger partial charge in [-0.2, -0.15) is 5.10 Å². The van der Waals surface area contributed by atoms with E-state index < -0.39 is 5.97 Å². The molecule has 4 nitrogen and oxygen atoms in total. The van der Waals surface area contributed by atoms with Gasteiger partial charge < -0.3 is 5.11 Å². The summed E-state index contributed by atoms with van der Waals surface area (Å²) >= 11 is 0. The first-order chi connectivity index (χ1) is 6.18. The fourth-order valence-electron chi connectivity index (χ4n) is 1.59. The van der Waals surface area contributed by atoms with Gasteiger partial charge in [-0.05, 0) is 32.3 Å². The molecule has 0 aliphatic heterocycles. The van der Waals surface area contributed by atoms with Crippen molar-refractivity contribution in [3.63, 3.8) is 0 Å². The number of aromatic nitrogens is 2. The number of aromatic carboxylic acids is 1. The second kappa shape index (κ2) is 2.87. The molecule has 1 aliphatic rings. The van der Waals surface area contributed by atoms with E-state index in [1.165, 1.54) is 6.42 Å². The fourth-order valence-corrected chi connectivity index (χ4v) is 1.59. The Kier molecular flexibility index (Phi) is 1.83. The molecule has 1 aliphatic carbocycles. The Balaban J connectivity index is 2.29.